The third-order valence-electron chi connectivity index (χ3n) is 2.45. The van der Waals surface area contributed by atoms with Crippen molar-refractivity contribution >= 4 is 34.7 Å². The molecule has 2 aromatic heterocycles. The van der Waals surface area contributed by atoms with Crippen LogP contribution in [0, 0.1) is 6.92 Å². The molecule has 0 fully saturated rings. The number of anilines is 1. The van der Waals surface area contributed by atoms with E-state index in [0.717, 1.165) is 0 Å². The SMILES string of the molecule is Cc1ccsc1CNc1ccc(Cl)c(C(=O)O)n1. The molecule has 2 aromatic rings. The number of hydrogen-bond donors (Lipinski definition) is 2. The normalized spacial score (nSPS) is 10.3. The van der Waals surface area contributed by atoms with E-state index in [1.54, 1.807) is 17.4 Å². The first-order chi connectivity index (χ1) is 8.58. The van der Waals surface area contributed by atoms with E-state index in [1.165, 1.54) is 16.5 Å². The zero-order chi connectivity index (χ0) is 13.1. The van der Waals surface area contributed by atoms with Crippen molar-refractivity contribution in [2.45, 2.75) is 13.5 Å². The van der Waals surface area contributed by atoms with Gasteiger partial charge in [0.25, 0.3) is 0 Å². The monoisotopic (exact) mass is 282 g/mol. The van der Waals surface area contributed by atoms with Gasteiger partial charge in [-0.25, -0.2) is 9.78 Å². The van der Waals surface area contributed by atoms with Crippen LogP contribution in [0.15, 0.2) is 23.6 Å². The van der Waals surface area contributed by atoms with Crippen molar-refractivity contribution in [3.63, 3.8) is 0 Å². The number of halogens is 1. The maximum atomic E-state index is 10.9. The summed E-state index contributed by atoms with van der Waals surface area (Å²) in [5.74, 6) is -0.624. The van der Waals surface area contributed by atoms with Crippen LogP contribution in [0.4, 0.5) is 5.82 Å². The van der Waals surface area contributed by atoms with Gasteiger partial charge in [0.2, 0.25) is 0 Å². The topological polar surface area (TPSA) is 62.2 Å². The number of nitrogens with zero attached hydrogens (tertiary/aromatic N) is 1. The van der Waals surface area contributed by atoms with Gasteiger partial charge in [-0.1, -0.05) is 11.6 Å². The van der Waals surface area contributed by atoms with Gasteiger partial charge in [0.15, 0.2) is 5.69 Å². The molecule has 4 nitrogen and oxygen atoms in total. The molecule has 6 heteroatoms. The van der Waals surface area contributed by atoms with E-state index in [-0.39, 0.29) is 10.7 Å². The molecule has 0 aliphatic rings. The maximum Gasteiger partial charge on any atom is 0.356 e. The Bertz CT molecular complexity index is 583. The van der Waals surface area contributed by atoms with Gasteiger partial charge in [-0.3, -0.25) is 0 Å². The van der Waals surface area contributed by atoms with Gasteiger partial charge < -0.3 is 10.4 Å². The number of rotatable bonds is 4. The smallest absolute Gasteiger partial charge is 0.356 e. The molecule has 0 aliphatic carbocycles. The Labute approximate surface area is 113 Å². The van der Waals surface area contributed by atoms with E-state index in [2.05, 4.69) is 10.3 Å². The van der Waals surface area contributed by atoms with E-state index < -0.39 is 5.97 Å². The summed E-state index contributed by atoms with van der Waals surface area (Å²) in [6.45, 7) is 2.66. The van der Waals surface area contributed by atoms with Gasteiger partial charge in [-0.15, -0.1) is 11.3 Å². The molecule has 2 rings (SSSR count). The van der Waals surface area contributed by atoms with Crippen LogP contribution in [0.3, 0.4) is 0 Å². The summed E-state index contributed by atoms with van der Waals surface area (Å²) in [6, 6.07) is 5.24. The first-order valence-electron chi connectivity index (χ1n) is 5.24. The van der Waals surface area contributed by atoms with Crippen LogP contribution in [-0.4, -0.2) is 16.1 Å². The number of aromatic nitrogens is 1. The van der Waals surface area contributed by atoms with Gasteiger partial charge in [0.1, 0.15) is 5.82 Å². The lowest BCUT2D eigenvalue weighted by atomic mass is 10.3. The number of carboxylic acid groups (broad SMARTS) is 1. The Balaban J connectivity index is 2.13. The number of pyridine rings is 1. The first-order valence-corrected chi connectivity index (χ1v) is 6.50. The second-order valence-electron chi connectivity index (χ2n) is 3.71. The van der Waals surface area contributed by atoms with Gasteiger partial charge >= 0.3 is 5.97 Å². The predicted molar refractivity (Wildman–Crippen MR) is 72.6 cm³/mol. The second kappa shape index (κ2) is 5.37. The minimum Gasteiger partial charge on any atom is -0.476 e. The fourth-order valence-electron chi connectivity index (χ4n) is 1.45. The Morgan fingerprint density at radius 2 is 2.28 bits per heavy atom. The summed E-state index contributed by atoms with van der Waals surface area (Å²) in [4.78, 5) is 16.0. The lowest BCUT2D eigenvalue weighted by Gasteiger charge is -2.06. The number of hydrogen-bond acceptors (Lipinski definition) is 4. The lowest BCUT2D eigenvalue weighted by Crippen LogP contribution is -2.06. The zero-order valence-electron chi connectivity index (χ0n) is 9.61. The molecule has 0 aromatic carbocycles. The zero-order valence-corrected chi connectivity index (χ0v) is 11.2. The van der Waals surface area contributed by atoms with Crippen LogP contribution in [0.1, 0.15) is 20.9 Å². The fourth-order valence-corrected chi connectivity index (χ4v) is 2.48. The fraction of sp³-hybridized carbons (Fsp3) is 0.167. The number of aryl methyl sites for hydroxylation is 1. The minimum absolute atomic E-state index is 0.135. The quantitative estimate of drug-likeness (QED) is 0.902. The van der Waals surface area contributed by atoms with E-state index in [9.17, 15) is 4.79 Å². The number of carboxylic acids is 1. The molecule has 0 amide bonds. The number of thiophene rings is 1. The van der Waals surface area contributed by atoms with Crippen LogP contribution >= 0.6 is 22.9 Å². The molecule has 0 saturated heterocycles. The van der Waals surface area contributed by atoms with Crippen LogP contribution in [0.2, 0.25) is 5.02 Å². The summed E-state index contributed by atoms with van der Waals surface area (Å²) >= 11 is 7.40. The third kappa shape index (κ3) is 2.80. The van der Waals surface area contributed by atoms with Crippen LogP contribution < -0.4 is 5.32 Å². The summed E-state index contributed by atoms with van der Waals surface area (Å²) in [5, 5.41) is 14.2. The number of nitrogens with one attached hydrogen (secondary N) is 1. The molecule has 0 spiro atoms. The van der Waals surface area contributed by atoms with Gasteiger partial charge in [-0.05, 0) is 36.1 Å². The third-order valence-corrected chi connectivity index (χ3v) is 3.77. The van der Waals surface area contributed by atoms with Crippen molar-refractivity contribution in [3.8, 4) is 0 Å². The summed E-state index contributed by atoms with van der Waals surface area (Å²) in [5.41, 5.74) is 1.07. The van der Waals surface area contributed by atoms with Crippen LogP contribution in [-0.2, 0) is 6.54 Å². The van der Waals surface area contributed by atoms with Crippen molar-refractivity contribution in [1.82, 2.24) is 4.98 Å². The molecule has 2 N–H and O–H groups in total. The van der Waals surface area contributed by atoms with Crippen LogP contribution in [0.5, 0.6) is 0 Å². The summed E-state index contributed by atoms with van der Waals surface area (Å²) in [7, 11) is 0. The van der Waals surface area contributed by atoms with Crippen molar-refractivity contribution in [2.24, 2.45) is 0 Å². The molecule has 0 bridgehead atoms. The summed E-state index contributed by atoms with van der Waals surface area (Å²) < 4.78 is 0. The van der Waals surface area contributed by atoms with Crippen molar-refractivity contribution in [3.05, 3.63) is 44.7 Å². The van der Waals surface area contributed by atoms with Gasteiger partial charge in [0.05, 0.1) is 11.6 Å². The molecule has 0 radical (unpaired) electrons. The molecular formula is C12H11ClN2O2S. The highest BCUT2D eigenvalue weighted by Crippen LogP contribution is 2.19. The van der Waals surface area contributed by atoms with Crippen molar-refractivity contribution in [1.29, 1.82) is 0 Å². The van der Waals surface area contributed by atoms with E-state index in [0.29, 0.717) is 12.4 Å². The number of aromatic carboxylic acids is 1. The maximum absolute atomic E-state index is 10.9. The van der Waals surface area contributed by atoms with Gasteiger partial charge in [0, 0.05) is 4.88 Å². The highest BCUT2D eigenvalue weighted by Gasteiger charge is 2.11. The first kappa shape index (κ1) is 12.9. The molecular weight excluding hydrogens is 272 g/mol. The highest BCUT2D eigenvalue weighted by molar-refractivity contribution is 7.10. The molecule has 0 atom stereocenters. The summed E-state index contributed by atoms with van der Waals surface area (Å²) in [6.07, 6.45) is 0. The Morgan fingerprint density at radius 3 is 2.89 bits per heavy atom. The van der Waals surface area contributed by atoms with E-state index >= 15 is 0 Å². The molecule has 2 heterocycles. The van der Waals surface area contributed by atoms with E-state index in [1.807, 2.05) is 18.4 Å². The Morgan fingerprint density at radius 1 is 1.50 bits per heavy atom. The van der Waals surface area contributed by atoms with E-state index in [4.69, 9.17) is 16.7 Å². The Kier molecular flexibility index (Phi) is 3.84. The molecule has 0 aliphatic heterocycles. The molecule has 18 heavy (non-hydrogen) atoms. The largest absolute Gasteiger partial charge is 0.476 e. The van der Waals surface area contributed by atoms with Crippen molar-refractivity contribution < 1.29 is 9.90 Å². The minimum atomic E-state index is -1.13. The average molecular weight is 283 g/mol. The number of carbonyl (C=O) groups is 1. The molecule has 94 valence electrons. The van der Waals surface area contributed by atoms with Crippen LogP contribution in [0.25, 0.3) is 0 Å². The Hall–Kier alpha value is -1.59. The van der Waals surface area contributed by atoms with Gasteiger partial charge in [-0.2, -0.15) is 0 Å². The average Bonchev–Trinajstić information content (AvgIpc) is 2.73. The van der Waals surface area contributed by atoms with Crippen molar-refractivity contribution in [2.75, 3.05) is 5.32 Å². The molecule has 0 unspecified atom stereocenters. The lowest BCUT2D eigenvalue weighted by molar-refractivity contribution is 0.0691. The standard InChI is InChI=1S/C12H11ClN2O2S/c1-7-4-5-18-9(7)6-14-10-3-2-8(13)11(15-10)12(16)17/h2-5H,6H2,1H3,(H,14,15)(H,16,17). The highest BCUT2D eigenvalue weighted by atomic mass is 35.5. The second-order valence-corrected chi connectivity index (χ2v) is 5.12. The molecule has 0 saturated carbocycles. The predicted octanol–water partition coefficient (Wildman–Crippen LogP) is 3.42.